The van der Waals surface area contributed by atoms with Crippen LogP contribution in [0.25, 0.3) is 0 Å². The molecule has 0 spiro atoms. The lowest BCUT2D eigenvalue weighted by Gasteiger charge is -2.44. The van der Waals surface area contributed by atoms with Gasteiger partial charge in [-0.25, -0.2) is 0 Å². The Morgan fingerprint density at radius 1 is 1.46 bits per heavy atom. The van der Waals surface area contributed by atoms with Gasteiger partial charge in [-0.05, 0) is 31.7 Å². The molecular formula is C11H19NO. The van der Waals surface area contributed by atoms with Crippen molar-refractivity contribution in [2.75, 3.05) is 13.2 Å². The molecule has 3 rings (SSSR count). The van der Waals surface area contributed by atoms with Crippen molar-refractivity contribution in [3.05, 3.63) is 0 Å². The molecule has 2 bridgehead atoms. The van der Waals surface area contributed by atoms with E-state index in [1.807, 2.05) is 0 Å². The molecule has 3 atom stereocenters. The molecule has 0 aromatic carbocycles. The van der Waals surface area contributed by atoms with Gasteiger partial charge >= 0.3 is 0 Å². The molecule has 3 unspecified atom stereocenters. The van der Waals surface area contributed by atoms with Crippen molar-refractivity contribution in [1.82, 2.24) is 4.90 Å². The summed E-state index contributed by atoms with van der Waals surface area (Å²) >= 11 is 0. The van der Waals surface area contributed by atoms with Gasteiger partial charge < -0.3 is 4.74 Å². The maximum atomic E-state index is 5.89. The quantitative estimate of drug-likeness (QED) is 0.610. The van der Waals surface area contributed by atoms with Gasteiger partial charge in [-0.15, -0.1) is 0 Å². The predicted molar refractivity (Wildman–Crippen MR) is 51.7 cm³/mol. The number of ether oxygens (including phenoxy) is 1. The highest BCUT2D eigenvalue weighted by Crippen LogP contribution is 2.51. The van der Waals surface area contributed by atoms with Crippen molar-refractivity contribution >= 4 is 0 Å². The molecule has 3 saturated heterocycles. The molecule has 13 heavy (non-hydrogen) atoms. The molecular weight excluding hydrogens is 162 g/mol. The van der Waals surface area contributed by atoms with Crippen molar-refractivity contribution in [2.45, 2.75) is 50.8 Å². The summed E-state index contributed by atoms with van der Waals surface area (Å²) in [6.07, 6.45) is 4.61. The summed E-state index contributed by atoms with van der Waals surface area (Å²) in [5.74, 6) is 0.755. The highest BCUT2D eigenvalue weighted by atomic mass is 16.5. The van der Waals surface area contributed by atoms with Gasteiger partial charge in [0.2, 0.25) is 0 Å². The van der Waals surface area contributed by atoms with E-state index in [0.29, 0.717) is 11.6 Å². The first-order valence-corrected chi connectivity index (χ1v) is 5.63. The van der Waals surface area contributed by atoms with E-state index in [1.54, 1.807) is 0 Å². The first kappa shape index (κ1) is 8.25. The highest BCUT2D eigenvalue weighted by Gasteiger charge is 2.60. The third-order valence-electron chi connectivity index (χ3n) is 4.49. The third-order valence-corrected chi connectivity index (χ3v) is 4.49. The first-order chi connectivity index (χ1) is 6.25. The van der Waals surface area contributed by atoms with E-state index in [-0.39, 0.29) is 0 Å². The van der Waals surface area contributed by atoms with Gasteiger partial charge in [0.1, 0.15) is 0 Å². The Morgan fingerprint density at radius 2 is 2.31 bits per heavy atom. The maximum Gasteiger partial charge on any atom is 0.0777 e. The van der Waals surface area contributed by atoms with E-state index in [9.17, 15) is 0 Å². The van der Waals surface area contributed by atoms with Gasteiger partial charge in [0.15, 0.2) is 0 Å². The van der Waals surface area contributed by atoms with Crippen LogP contribution in [0.1, 0.15) is 33.1 Å². The Bertz CT molecular complexity index is 228. The molecule has 0 aromatic rings. The maximum absolute atomic E-state index is 5.89. The van der Waals surface area contributed by atoms with Crippen LogP contribution in [0.2, 0.25) is 0 Å². The predicted octanol–water partition coefficient (Wildman–Crippen LogP) is 1.65. The second-order valence-electron chi connectivity index (χ2n) is 5.15. The fourth-order valence-corrected chi connectivity index (χ4v) is 3.92. The summed E-state index contributed by atoms with van der Waals surface area (Å²) in [5, 5.41) is 0. The second-order valence-corrected chi connectivity index (χ2v) is 5.15. The number of fused-ring (bicyclic) bond motifs is 5. The van der Waals surface area contributed by atoms with E-state index in [0.717, 1.165) is 18.6 Å². The summed E-state index contributed by atoms with van der Waals surface area (Å²) in [4.78, 5) is 2.76. The molecule has 74 valence electrons. The molecule has 3 heterocycles. The minimum atomic E-state index is 0.433. The minimum absolute atomic E-state index is 0.433. The van der Waals surface area contributed by atoms with Gasteiger partial charge in [0, 0.05) is 11.6 Å². The number of hydrogen-bond donors (Lipinski definition) is 0. The fourth-order valence-electron chi connectivity index (χ4n) is 3.92. The van der Waals surface area contributed by atoms with Gasteiger partial charge in [-0.2, -0.15) is 0 Å². The highest BCUT2D eigenvalue weighted by molar-refractivity contribution is 5.14. The summed E-state index contributed by atoms with van der Waals surface area (Å²) in [6.45, 7) is 7.05. The lowest BCUT2D eigenvalue weighted by Crippen LogP contribution is -2.56. The van der Waals surface area contributed by atoms with Crippen LogP contribution in [0, 0.1) is 5.92 Å². The summed E-state index contributed by atoms with van der Waals surface area (Å²) in [7, 11) is 0. The van der Waals surface area contributed by atoms with E-state index in [2.05, 4.69) is 18.7 Å². The van der Waals surface area contributed by atoms with Crippen LogP contribution in [0.4, 0.5) is 0 Å². The van der Waals surface area contributed by atoms with Crippen LogP contribution < -0.4 is 0 Å². The monoisotopic (exact) mass is 181 g/mol. The first-order valence-electron chi connectivity index (χ1n) is 5.63. The summed E-state index contributed by atoms with van der Waals surface area (Å²) < 4.78 is 5.89. The molecule has 3 fully saturated rings. The Labute approximate surface area is 80.2 Å². The average molecular weight is 181 g/mol. The summed E-state index contributed by atoms with van der Waals surface area (Å²) in [5.41, 5.74) is 0.433. The van der Waals surface area contributed by atoms with Crippen molar-refractivity contribution in [3.63, 3.8) is 0 Å². The van der Waals surface area contributed by atoms with Gasteiger partial charge in [-0.3, -0.25) is 4.90 Å². The Hall–Kier alpha value is -0.0800. The van der Waals surface area contributed by atoms with Crippen LogP contribution in [0.5, 0.6) is 0 Å². The topological polar surface area (TPSA) is 12.5 Å². The van der Waals surface area contributed by atoms with Crippen molar-refractivity contribution in [2.24, 2.45) is 5.92 Å². The molecule has 0 N–H and O–H groups in total. The molecule has 3 aliphatic heterocycles. The Kier molecular flexibility index (Phi) is 1.58. The second kappa shape index (κ2) is 2.48. The van der Waals surface area contributed by atoms with E-state index < -0.39 is 0 Å². The summed E-state index contributed by atoms with van der Waals surface area (Å²) in [6, 6.07) is 0.759. The van der Waals surface area contributed by atoms with Crippen LogP contribution in [0.3, 0.4) is 0 Å². The molecule has 2 heteroatoms. The molecule has 0 amide bonds. The molecule has 0 aliphatic carbocycles. The van der Waals surface area contributed by atoms with E-state index >= 15 is 0 Å². The van der Waals surface area contributed by atoms with Crippen LogP contribution in [-0.2, 0) is 4.74 Å². The largest absolute Gasteiger partial charge is 0.375 e. The minimum Gasteiger partial charge on any atom is -0.375 e. The normalized spacial score (nSPS) is 49.2. The average Bonchev–Trinajstić information content (AvgIpc) is 2.76. The van der Waals surface area contributed by atoms with E-state index in [1.165, 1.54) is 25.8 Å². The van der Waals surface area contributed by atoms with E-state index in [4.69, 9.17) is 4.74 Å². The van der Waals surface area contributed by atoms with Gasteiger partial charge in [0.25, 0.3) is 0 Å². The van der Waals surface area contributed by atoms with Crippen LogP contribution in [0.15, 0.2) is 0 Å². The number of rotatable bonds is 1. The van der Waals surface area contributed by atoms with Gasteiger partial charge in [0.05, 0.1) is 12.7 Å². The fraction of sp³-hybridized carbons (Fsp3) is 1.00. The standard InChI is InChI=1S/C11H19NO/c1-8(2)11-4-3-5-12(11)9-6-10(11)13-7-9/h8-10H,3-7H2,1-2H3. The zero-order chi connectivity index (χ0) is 9.05. The Morgan fingerprint density at radius 3 is 3.00 bits per heavy atom. The van der Waals surface area contributed by atoms with Crippen molar-refractivity contribution in [1.29, 1.82) is 0 Å². The smallest absolute Gasteiger partial charge is 0.0777 e. The van der Waals surface area contributed by atoms with Gasteiger partial charge in [-0.1, -0.05) is 13.8 Å². The Balaban J connectivity index is 1.99. The molecule has 3 aliphatic rings. The number of nitrogens with zero attached hydrogens (tertiary/aromatic N) is 1. The number of hydrogen-bond acceptors (Lipinski definition) is 2. The zero-order valence-corrected chi connectivity index (χ0v) is 8.62. The van der Waals surface area contributed by atoms with Crippen LogP contribution in [-0.4, -0.2) is 35.7 Å². The molecule has 0 aromatic heterocycles. The lowest BCUT2D eigenvalue weighted by atomic mass is 9.80. The lowest BCUT2D eigenvalue weighted by molar-refractivity contribution is -0.0771. The molecule has 0 radical (unpaired) electrons. The third kappa shape index (κ3) is 0.816. The number of morpholine rings is 1. The zero-order valence-electron chi connectivity index (χ0n) is 8.62. The van der Waals surface area contributed by atoms with Crippen molar-refractivity contribution < 1.29 is 4.74 Å². The SMILES string of the molecule is CC(C)C12CCCN1C1COC2C1. The van der Waals surface area contributed by atoms with Crippen LogP contribution >= 0.6 is 0 Å². The molecule has 0 saturated carbocycles. The molecule has 2 nitrogen and oxygen atoms in total. The van der Waals surface area contributed by atoms with Crippen molar-refractivity contribution in [3.8, 4) is 0 Å².